The third-order valence-corrected chi connectivity index (χ3v) is 11.3. The van der Waals surface area contributed by atoms with Crippen LogP contribution in [0.4, 0.5) is 0 Å². The van der Waals surface area contributed by atoms with Gasteiger partial charge in [-0.3, -0.25) is 0 Å². The summed E-state index contributed by atoms with van der Waals surface area (Å²) < 4.78 is 122. The number of rotatable bonds is 7. The fourth-order valence-corrected chi connectivity index (χ4v) is 7.89. The minimum atomic E-state index is -2.85. The molecule has 0 unspecified atom stereocenters. The van der Waals surface area contributed by atoms with Crippen molar-refractivity contribution in [1.82, 2.24) is 15.0 Å². The Hall–Kier alpha value is -5.38. The molecule has 0 aliphatic heterocycles. The van der Waals surface area contributed by atoms with E-state index in [-0.39, 0.29) is 82.9 Å². The maximum Gasteiger partial charge on any atom is 2.00 e. The van der Waals surface area contributed by atoms with E-state index in [1.165, 1.54) is 12.1 Å². The number of fused-ring (bicyclic) bond motifs is 3. The molecule has 8 aromatic rings. The van der Waals surface area contributed by atoms with Crippen LogP contribution in [0.2, 0.25) is 0 Å². The summed E-state index contributed by atoms with van der Waals surface area (Å²) in [7, 11) is 0. The molecule has 4 aromatic heterocycles. The molecule has 298 valence electrons. The van der Waals surface area contributed by atoms with Gasteiger partial charge < -0.3 is 19.1 Å². The standard InChI is InChI=1S/C53H49N3O2.Pt/c1-31-23-48(54-29-33(31)3)40-24-45(38-12-10-9-11-13-38)36(6)50(25-40)57-41-26-46-43-16-14-35(5)56-52(43)58-51(46)47(27-41)49-28-44(34(4)30-55-49)42-17-15-39(22-32(42)2)37-18-20-53(7,8)21-19-37;/h9-17,22-24,26,28-30,37H,18-21H2,1-8H3;/q-2;+2/i1D3,3D3,5D3,6D3,37D;. The molecule has 1 aliphatic rings. The first-order valence-corrected chi connectivity index (χ1v) is 19.3. The smallest absolute Gasteiger partial charge is 0.496 e. The number of benzene rings is 4. The monoisotopic (exact) mass is 967 g/mol. The van der Waals surface area contributed by atoms with Gasteiger partial charge in [0.15, 0.2) is 0 Å². The maximum atomic E-state index is 9.44. The van der Waals surface area contributed by atoms with E-state index in [4.69, 9.17) is 30.6 Å². The molecule has 0 bridgehead atoms. The maximum absolute atomic E-state index is 9.44. The summed E-state index contributed by atoms with van der Waals surface area (Å²) in [5.41, 5.74) is 5.21. The number of aryl methyl sites for hydroxylation is 5. The molecule has 4 aromatic carbocycles. The van der Waals surface area contributed by atoms with Crippen molar-refractivity contribution in [2.24, 2.45) is 5.41 Å². The molecule has 1 saturated carbocycles. The Labute approximate surface area is 380 Å². The van der Waals surface area contributed by atoms with E-state index in [0.717, 1.165) is 65.8 Å². The summed E-state index contributed by atoms with van der Waals surface area (Å²) in [5.74, 6) is -0.979. The number of aromatic nitrogens is 3. The van der Waals surface area contributed by atoms with Crippen LogP contribution in [-0.4, -0.2) is 15.0 Å². The molecule has 4 heterocycles. The molecule has 0 saturated heterocycles. The summed E-state index contributed by atoms with van der Waals surface area (Å²) >= 11 is 0. The van der Waals surface area contributed by atoms with Gasteiger partial charge in [0.2, 0.25) is 5.71 Å². The third kappa shape index (κ3) is 7.90. The number of ether oxygens (including phenoxy) is 1. The Morgan fingerprint density at radius 1 is 0.746 bits per heavy atom. The summed E-state index contributed by atoms with van der Waals surface area (Å²) in [5, 5.41) is 0.852. The van der Waals surface area contributed by atoms with Crippen molar-refractivity contribution in [2.45, 2.75) is 86.7 Å². The normalized spacial score (nSPS) is 18.7. The van der Waals surface area contributed by atoms with Crippen molar-refractivity contribution in [1.29, 1.82) is 0 Å². The van der Waals surface area contributed by atoms with Gasteiger partial charge in [0.25, 0.3) is 0 Å². The van der Waals surface area contributed by atoms with E-state index in [2.05, 4.69) is 42.0 Å². The summed E-state index contributed by atoms with van der Waals surface area (Å²) in [6.45, 7) is -2.52. The van der Waals surface area contributed by atoms with Crippen LogP contribution < -0.4 is 4.74 Å². The molecule has 0 amide bonds. The van der Waals surface area contributed by atoms with Crippen molar-refractivity contribution in [3.63, 3.8) is 0 Å². The van der Waals surface area contributed by atoms with Gasteiger partial charge in [-0.1, -0.05) is 127 Å². The van der Waals surface area contributed by atoms with Crippen LogP contribution in [0, 0.1) is 58.8 Å². The average molecular weight is 968 g/mol. The number of hydrogen-bond donors (Lipinski definition) is 0. The molecule has 6 heteroatoms. The van der Waals surface area contributed by atoms with Crippen LogP contribution in [0.5, 0.6) is 11.5 Å². The number of furan rings is 1. The molecular formula is C53H49N3O2Pt. The van der Waals surface area contributed by atoms with E-state index in [1.807, 2.05) is 32.0 Å². The van der Waals surface area contributed by atoms with Gasteiger partial charge in [0.1, 0.15) is 0 Å². The molecule has 0 spiro atoms. The largest absolute Gasteiger partial charge is 2.00 e. The molecule has 0 atom stereocenters. The molecule has 9 rings (SSSR count). The van der Waals surface area contributed by atoms with Crippen LogP contribution in [0.1, 0.15) is 102 Å². The Balaban J connectivity index is 0.00000693. The second-order valence-electron chi connectivity index (χ2n) is 16.0. The molecule has 0 N–H and O–H groups in total. The van der Waals surface area contributed by atoms with Crippen molar-refractivity contribution in [3.8, 4) is 56.3 Å². The number of nitrogens with zero attached hydrogens (tertiary/aromatic N) is 3. The summed E-state index contributed by atoms with van der Waals surface area (Å²) in [6, 6.07) is 30.3. The Bertz CT molecular complexity index is 3370. The van der Waals surface area contributed by atoms with Gasteiger partial charge in [-0.2, -0.15) is 0 Å². The summed E-state index contributed by atoms with van der Waals surface area (Å²) in [4.78, 5) is 13.6. The first-order chi connectivity index (χ1) is 33.1. The molecule has 59 heavy (non-hydrogen) atoms. The molecular weight excluding hydrogens is 906 g/mol. The third-order valence-electron chi connectivity index (χ3n) is 11.3. The quantitative estimate of drug-likeness (QED) is 0.149. The number of pyridine rings is 3. The predicted molar refractivity (Wildman–Crippen MR) is 236 cm³/mol. The van der Waals surface area contributed by atoms with E-state index in [1.54, 1.807) is 48.7 Å². The molecule has 1 fully saturated rings. The number of hydrogen-bond acceptors (Lipinski definition) is 5. The van der Waals surface area contributed by atoms with E-state index >= 15 is 0 Å². The van der Waals surface area contributed by atoms with Crippen molar-refractivity contribution in [3.05, 3.63) is 149 Å². The first-order valence-electron chi connectivity index (χ1n) is 25.8. The van der Waals surface area contributed by atoms with Crippen LogP contribution in [0.15, 0.2) is 102 Å². The van der Waals surface area contributed by atoms with Gasteiger partial charge >= 0.3 is 21.1 Å². The Morgan fingerprint density at radius 3 is 2.31 bits per heavy atom. The predicted octanol–water partition coefficient (Wildman–Crippen LogP) is 14.4. The topological polar surface area (TPSA) is 61.0 Å². The van der Waals surface area contributed by atoms with Crippen LogP contribution >= 0.6 is 0 Å². The van der Waals surface area contributed by atoms with Crippen LogP contribution in [-0.2, 0) is 21.1 Å². The molecule has 5 nitrogen and oxygen atoms in total. The second kappa shape index (κ2) is 16.0. The fraction of sp³-hybridized carbons (Fsp3) is 0.264. The zero-order valence-corrected chi connectivity index (χ0v) is 35.3. The zero-order chi connectivity index (χ0) is 51.2. The van der Waals surface area contributed by atoms with E-state index < -0.39 is 44.4 Å². The first kappa shape index (κ1) is 27.4. The Morgan fingerprint density at radius 2 is 1.54 bits per heavy atom. The Kier molecular flexibility index (Phi) is 7.43. The molecule has 1 aliphatic carbocycles. The van der Waals surface area contributed by atoms with E-state index in [9.17, 15) is 1.37 Å². The van der Waals surface area contributed by atoms with Crippen LogP contribution in [0.3, 0.4) is 0 Å². The second-order valence-corrected chi connectivity index (χ2v) is 16.0. The van der Waals surface area contributed by atoms with E-state index in [0.29, 0.717) is 22.0 Å². The van der Waals surface area contributed by atoms with Gasteiger partial charge in [-0.05, 0) is 134 Å². The minimum absolute atomic E-state index is 0. The minimum Gasteiger partial charge on any atom is -0.496 e. The molecule has 0 radical (unpaired) electrons. The van der Waals surface area contributed by atoms with Crippen molar-refractivity contribution >= 4 is 22.1 Å². The van der Waals surface area contributed by atoms with Crippen molar-refractivity contribution < 1.29 is 48.0 Å². The zero-order valence-electron chi connectivity index (χ0n) is 46.0. The van der Waals surface area contributed by atoms with Crippen molar-refractivity contribution in [2.75, 3.05) is 0 Å². The van der Waals surface area contributed by atoms with Gasteiger partial charge in [0, 0.05) is 52.8 Å². The van der Waals surface area contributed by atoms with Crippen LogP contribution in [0.25, 0.3) is 66.8 Å². The fourth-order valence-electron chi connectivity index (χ4n) is 7.89. The SMILES string of the molecule is [2H]C([2H])([2H])c1ccc2c(n1)oc1c(-c3cc(-c4ccc(C5([2H])CCC(C)(C)CC5)cc4C)c(C)cn3)[c-]c(Oc3[c-]c(-c4cc(C([2H])([2H])[2H])c(C([2H])([2H])[2H])cn4)cc(-c4ccccc4)c3C([2H])([2H])[2H])cc12.[Pt+2]. The van der Waals surface area contributed by atoms with Gasteiger partial charge in [-0.15, -0.1) is 11.6 Å². The summed E-state index contributed by atoms with van der Waals surface area (Å²) in [6.07, 6.45) is 6.19. The van der Waals surface area contributed by atoms with Gasteiger partial charge in [0.05, 0.1) is 5.58 Å². The van der Waals surface area contributed by atoms with Gasteiger partial charge in [-0.25, -0.2) is 4.98 Å². The average Bonchev–Trinajstić information content (AvgIpc) is 3.67.